The third-order valence-corrected chi connectivity index (χ3v) is 5.13. The molecule has 0 spiro atoms. The molecule has 2 N–H and O–H groups in total. The summed E-state index contributed by atoms with van der Waals surface area (Å²) < 4.78 is 39.7. The van der Waals surface area contributed by atoms with Crippen LogP contribution in [0.15, 0.2) is 23.1 Å². The van der Waals surface area contributed by atoms with Crippen molar-refractivity contribution in [2.45, 2.75) is 31.0 Å². The number of aryl methyl sites for hydroxylation is 2. The minimum absolute atomic E-state index is 0.0554. The number of hydrogen-bond acceptors (Lipinski definition) is 4. The highest BCUT2D eigenvalue weighted by Gasteiger charge is 2.23. The fraction of sp³-hybridized carbons (Fsp3) is 0.308. The Hall–Kier alpha value is -1.60. The second-order valence-electron chi connectivity index (χ2n) is 4.64. The summed E-state index contributed by atoms with van der Waals surface area (Å²) in [6, 6.07) is 3.23. The van der Waals surface area contributed by atoms with Crippen LogP contribution in [-0.2, 0) is 22.1 Å². The molecule has 0 aliphatic rings. The van der Waals surface area contributed by atoms with Gasteiger partial charge in [-0.05, 0) is 32.0 Å². The van der Waals surface area contributed by atoms with E-state index in [-0.39, 0.29) is 16.3 Å². The minimum Gasteiger partial charge on any atom is -0.399 e. The quantitative estimate of drug-likeness (QED) is 0.873. The molecule has 114 valence electrons. The van der Waals surface area contributed by atoms with Gasteiger partial charge < -0.3 is 5.73 Å². The van der Waals surface area contributed by atoms with Gasteiger partial charge >= 0.3 is 0 Å². The summed E-state index contributed by atoms with van der Waals surface area (Å²) in [7, 11) is -3.77. The summed E-state index contributed by atoms with van der Waals surface area (Å²) in [5.41, 5.74) is 6.49. The lowest BCUT2D eigenvalue weighted by Gasteiger charge is -2.08. The lowest BCUT2D eigenvalue weighted by atomic mass is 10.3. The highest BCUT2D eigenvalue weighted by atomic mass is 35.5. The van der Waals surface area contributed by atoms with Crippen LogP contribution in [0, 0.1) is 12.7 Å². The maximum atomic E-state index is 13.3. The lowest BCUT2D eigenvalue weighted by Crippen LogP contribution is -2.11. The van der Waals surface area contributed by atoms with Crippen LogP contribution in [0.2, 0.25) is 5.02 Å². The maximum Gasteiger partial charge on any atom is 0.184 e. The molecule has 2 rings (SSSR count). The van der Waals surface area contributed by atoms with Crippen LogP contribution >= 0.6 is 11.6 Å². The van der Waals surface area contributed by atoms with Crippen molar-refractivity contribution < 1.29 is 12.8 Å². The van der Waals surface area contributed by atoms with Crippen LogP contribution in [0.3, 0.4) is 0 Å². The van der Waals surface area contributed by atoms with E-state index in [1.807, 2.05) is 6.92 Å². The molecule has 0 bridgehead atoms. The molecular formula is C13H15ClFN3O2S. The summed E-state index contributed by atoms with van der Waals surface area (Å²) >= 11 is 6.10. The van der Waals surface area contributed by atoms with Gasteiger partial charge in [0.05, 0.1) is 27.1 Å². The molecule has 2 aromatic rings. The maximum absolute atomic E-state index is 13.3. The fourth-order valence-electron chi connectivity index (χ4n) is 2.03. The predicted molar refractivity (Wildman–Crippen MR) is 79.4 cm³/mol. The van der Waals surface area contributed by atoms with Crippen LogP contribution < -0.4 is 5.73 Å². The Kier molecular flexibility index (Phi) is 4.25. The second kappa shape index (κ2) is 5.65. The Morgan fingerprint density at radius 3 is 2.62 bits per heavy atom. The van der Waals surface area contributed by atoms with E-state index in [2.05, 4.69) is 5.10 Å². The van der Waals surface area contributed by atoms with Crippen molar-refractivity contribution in [3.05, 3.63) is 40.4 Å². The molecule has 21 heavy (non-hydrogen) atoms. The number of halogens is 2. The zero-order chi connectivity index (χ0) is 15.8. The van der Waals surface area contributed by atoms with Crippen LogP contribution in [-0.4, -0.2) is 18.2 Å². The van der Waals surface area contributed by atoms with Crippen LogP contribution in [0.4, 0.5) is 10.1 Å². The lowest BCUT2D eigenvalue weighted by molar-refractivity contribution is 0.582. The van der Waals surface area contributed by atoms with Gasteiger partial charge in [0.25, 0.3) is 0 Å². The SMILES string of the molecule is CCn1nc(C)c(Cl)c1CS(=O)(=O)c1cc(N)cc(F)c1. The number of nitrogens with zero attached hydrogens (tertiary/aromatic N) is 2. The van der Waals surface area contributed by atoms with Crippen LogP contribution in [0.5, 0.6) is 0 Å². The second-order valence-corrected chi connectivity index (χ2v) is 7.01. The third-order valence-electron chi connectivity index (χ3n) is 3.03. The van der Waals surface area contributed by atoms with E-state index < -0.39 is 15.7 Å². The van der Waals surface area contributed by atoms with E-state index in [9.17, 15) is 12.8 Å². The van der Waals surface area contributed by atoms with Gasteiger partial charge in [-0.1, -0.05) is 11.6 Å². The Morgan fingerprint density at radius 2 is 2.05 bits per heavy atom. The molecule has 0 unspecified atom stereocenters. The van der Waals surface area contributed by atoms with E-state index in [4.69, 9.17) is 17.3 Å². The molecule has 0 radical (unpaired) electrons. The van der Waals surface area contributed by atoms with Gasteiger partial charge in [-0.15, -0.1) is 0 Å². The van der Waals surface area contributed by atoms with Gasteiger partial charge in [-0.3, -0.25) is 4.68 Å². The highest BCUT2D eigenvalue weighted by Crippen LogP contribution is 2.26. The normalized spacial score (nSPS) is 11.8. The van der Waals surface area contributed by atoms with Crippen LogP contribution in [0.1, 0.15) is 18.3 Å². The molecule has 5 nitrogen and oxygen atoms in total. The van der Waals surface area contributed by atoms with E-state index in [0.29, 0.717) is 23.0 Å². The molecular weight excluding hydrogens is 317 g/mol. The molecule has 0 aliphatic carbocycles. The van der Waals surface area contributed by atoms with E-state index in [1.165, 1.54) is 10.7 Å². The monoisotopic (exact) mass is 331 g/mol. The summed E-state index contributed by atoms with van der Waals surface area (Å²) in [5, 5.41) is 4.47. The number of nitrogen functional groups attached to an aromatic ring is 1. The average Bonchev–Trinajstić information content (AvgIpc) is 2.65. The van der Waals surface area contributed by atoms with Crippen LogP contribution in [0.25, 0.3) is 0 Å². The molecule has 1 heterocycles. The Balaban J connectivity index is 2.47. The van der Waals surface area contributed by atoms with E-state index >= 15 is 0 Å². The van der Waals surface area contributed by atoms with E-state index in [0.717, 1.165) is 12.1 Å². The summed E-state index contributed by atoms with van der Waals surface area (Å²) in [4.78, 5) is -0.169. The number of benzene rings is 1. The minimum atomic E-state index is -3.77. The first-order valence-corrected chi connectivity index (χ1v) is 8.28. The van der Waals surface area contributed by atoms with Gasteiger partial charge in [0.15, 0.2) is 9.84 Å². The van der Waals surface area contributed by atoms with Gasteiger partial charge in [0, 0.05) is 12.2 Å². The predicted octanol–water partition coefficient (Wildman–Crippen LogP) is 2.56. The zero-order valence-electron chi connectivity index (χ0n) is 11.6. The van der Waals surface area contributed by atoms with E-state index in [1.54, 1.807) is 6.92 Å². The smallest absolute Gasteiger partial charge is 0.184 e. The molecule has 1 aromatic heterocycles. The number of aromatic nitrogens is 2. The summed E-state index contributed by atoms with van der Waals surface area (Å²) in [6.45, 7) is 4.02. The Morgan fingerprint density at radius 1 is 1.38 bits per heavy atom. The molecule has 0 atom stereocenters. The number of sulfone groups is 1. The highest BCUT2D eigenvalue weighted by molar-refractivity contribution is 7.90. The first kappa shape index (κ1) is 15.8. The fourth-order valence-corrected chi connectivity index (χ4v) is 3.74. The summed E-state index contributed by atoms with van der Waals surface area (Å²) in [6.07, 6.45) is 0. The topological polar surface area (TPSA) is 78.0 Å². The largest absolute Gasteiger partial charge is 0.399 e. The molecule has 8 heteroatoms. The molecule has 0 aliphatic heterocycles. The van der Waals surface area contributed by atoms with Crippen molar-refractivity contribution in [3.8, 4) is 0 Å². The standard InChI is InChI=1S/C13H15ClFN3O2S/c1-3-18-12(13(14)8(2)17-18)7-21(19,20)11-5-9(15)4-10(16)6-11/h4-6H,3,7,16H2,1-2H3. The van der Waals surface area contributed by atoms with Crippen molar-refractivity contribution in [3.63, 3.8) is 0 Å². The number of rotatable bonds is 4. The van der Waals surface area contributed by atoms with Gasteiger partial charge in [-0.25, -0.2) is 12.8 Å². The number of anilines is 1. The first-order chi connectivity index (χ1) is 9.74. The zero-order valence-corrected chi connectivity index (χ0v) is 13.2. The van der Waals surface area contributed by atoms with Crippen molar-refractivity contribution in [2.75, 3.05) is 5.73 Å². The number of hydrogen-bond donors (Lipinski definition) is 1. The molecule has 0 fully saturated rings. The third kappa shape index (κ3) is 3.19. The van der Waals surface area contributed by atoms with Crippen molar-refractivity contribution in [1.82, 2.24) is 9.78 Å². The molecule has 0 saturated carbocycles. The molecule has 1 aromatic carbocycles. The Labute approximate surface area is 127 Å². The average molecular weight is 332 g/mol. The Bertz CT molecular complexity index is 767. The van der Waals surface area contributed by atoms with Gasteiger partial charge in [-0.2, -0.15) is 5.10 Å². The molecule has 0 amide bonds. The van der Waals surface area contributed by atoms with Crippen molar-refractivity contribution in [1.29, 1.82) is 0 Å². The first-order valence-electron chi connectivity index (χ1n) is 6.25. The summed E-state index contributed by atoms with van der Waals surface area (Å²) in [5.74, 6) is -1.05. The van der Waals surface area contributed by atoms with Crippen molar-refractivity contribution >= 4 is 27.1 Å². The van der Waals surface area contributed by atoms with Gasteiger partial charge in [0.1, 0.15) is 5.82 Å². The van der Waals surface area contributed by atoms with Crippen molar-refractivity contribution in [2.24, 2.45) is 0 Å². The molecule has 0 saturated heterocycles. The number of nitrogens with two attached hydrogens (primary N) is 1. The van der Waals surface area contributed by atoms with Gasteiger partial charge in [0.2, 0.25) is 0 Å².